The predicted octanol–water partition coefficient (Wildman–Crippen LogP) is 2.72. The van der Waals surface area contributed by atoms with Crippen molar-refractivity contribution in [3.8, 4) is 0 Å². The molecule has 1 aromatic heterocycles. The summed E-state index contributed by atoms with van der Waals surface area (Å²) in [6.07, 6.45) is 0.833. The molecule has 0 aliphatic rings. The number of rotatable bonds is 3. The Balaban J connectivity index is 2.46. The maximum atomic E-state index is 10.8. The van der Waals surface area contributed by atoms with Gasteiger partial charge in [0.1, 0.15) is 0 Å². The van der Waals surface area contributed by atoms with E-state index in [2.05, 4.69) is 19.0 Å². The van der Waals surface area contributed by atoms with Crippen molar-refractivity contribution in [2.24, 2.45) is 5.92 Å². The van der Waals surface area contributed by atoms with E-state index in [0.29, 0.717) is 11.5 Å². The van der Waals surface area contributed by atoms with Gasteiger partial charge < -0.3 is 9.63 Å². The number of aromatic carboxylic acids is 1. The monoisotopic (exact) mass is 219 g/mol. The highest BCUT2D eigenvalue weighted by molar-refractivity contribution is 5.93. The Kier molecular flexibility index (Phi) is 2.64. The van der Waals surface area contributed by atoms with Crippen molar-refractivity contribution >= 4 is 16.9 Å². The normalized spacial score (nSPS) is 11.2. The van der Waals surface area contributed by atoms with E-state index in [1.165, 1.54) is 6.07 Å². The summed E-state index contributed by atoms with van der Waals surface area (Å²) in [5, 5.41) is 13.7. The summed E-state index contributed by atoms with van der Waals surface area (Å²) in [4.78, 5) is 10.8. The van der Waals surface area contributed by atoms with E-state index in [1.807, 2.05) is 0 Å². The fourth-order valence-corrected chi connectivity index (χ4v) is 1.66. The Morgan fingerprint density at radius 2 is 2.25 bits per heavy atom. The molecule has 0 unspecified atom stereocenters. The first-order valence-corrected chi connectivity index (χ1v) is 5.19. The Labute approximate surface area is 92.9 Å². The van der Waals surface area contributed by atoms with Crippen LogP contribution in [-0.4, -0.2) is 16.2 Å². The Bertz CT molecular complexity index is 528. The largest absolute Gasteiger partial charge is 0.478 e. The van der Waals surface area contributed by atoms with Gasteiger partial charge in [-0.1, -0.05) is 19.0 Å². The van der Waals surface area contributed by atoms with Crippen LogP contribution in [-0.2, 0) is 6.42 Å². The van der Waals surface area contributed by atoms with E-state index < -0.39 is 5.97 Å². The average Bonchev–Trinajstić information content (AvgIpc) is 2.60. The second-order valence-electron chi connectivity index (χ2n) is 4.24. The molecule has 0 saturated carbocycles. The minimum absolute atomic E-state index is 0.222. The van der Waals surface area contributed by atoms with Crippen LogP contribution < -0.4 is 0 Å². The third kappa shape index (κ3) is 1.91. The van der Waals surface area contributed by atoms with Gasteiger partial charge in [0.25, 0.3) is 0 Å². The van der Waals surface area contributed by atoms with E-state index in [9.17, 15) is 4.79 Å². The van der Waals surface area contributed by atoms with Crippen LogP contribution in [0.4, 0.5) is 0 Å². The van der Waals surface area contributed by atoms with Gasteiger partial charge in [0.05, 0.1) is 11.3 Å². The molecule has 0 bridgehead atoms. The molecule has 4 heteroatoms. The van der Waals surface area contributed by atoms with Gasteiger partial charge in [-0.05, 0) is 30.5 Å². The minimum atomic E-state index is -0.955. The highest BCUT2D eigenvalue weighted by Crippen LogP contribution is 2.22. The number of carbonyl (C=O) groups is 1. The van der Waals surface area contributed by atoms with Gasteiger partial charge in [0, 0.05) is 5.39 Å². The standard InChI is InChI=1S/C12H13NO3/c1-7(2)5-10-9-4-3-8(12(14)15)6-11(9)16-13-10/h3-4,6-7H,5H2,1-2H3,(H,14,15). The molecule has 0 radical (unpaired) electrons. The summed E-state index contributed by atoms with van der Waals surface area (Å²) in [6.45, 7) is 4.21. The Morgan fingerprint density at radius 3 is 2.88 bits per heavy atom. The van der Waals surface area contributed by atoms with Gasteiger partial charge in [-0.15, -0.1) is 0 Å². The van der Waals surface area contributed by atoms with E-state index in [1.54, 1.807) is 12.1 Å². The van der Waals surface area contributed by atoms with Gasteiger partial charge >= 0.3 is 5.97 Å². The number of benzene rings is 1. The number of carboxylic acids is 1. The number of hydrogen-bond acceptors (Lipinski definition) is 3. The molecule has 84 valence electrons. The number of hydrogen-bond donors (Lipinski definition) is 1. The van der Waals surface area contributed by atoms with Crippen LogP contribution in [0.15, 0.2) is 22.7 Å². The summed E-state index contributed by atoms with van der Waals surface area (Å²) >= 11 is 0. The fourth-order valence-electron chi connectivity index (χ4n) is 1.66. The Morgan fingerprint density at radius 1 is 1.50 bits per heavy atom. The molecule has 1 N–H and O–H groups in total. The maximum Gasteiger partial charge on any atom is 0.335 e. The lowest BCUT2D eigenvalue weighted by molar-refractivity contribution is 0.0697. The topological polar surface area (TPSA) is 63.3 Å². The molecule has 0 aliphatic heterocycles. The maximum absolute atomic E-state index is 10.8. The van der Waals surface area contributed by atoms with Crippen molar-refractivity contribution in [1.29, 1.82) is 0 Å². The second kappa shape index (κ2) is 3.96. The van der Waals surface area contributed by atoms with Crippen LogP contribution in [0.5, 0.6) is 0 Å². The molecular weight excluding hydrogens is 206 g/mol. The zero-order valence-electron chi connectivity index (χ0n) is 9.23. The van der Waals surface area contributed by atoms with Crippen molar-refractivity contribution in [2.75, 3.05) is 0 Å². The lowest BCUT2D eigenvalue weighted by Gasteiger charge is -1.99. The van der Waals surface area contributed by atoms with E-state index in [4.69, 9.17) is 9.63 Å². The van der Waals surface area contributed by atoms with Gasteiger partial charge in [-0.25, -0.2) is 4.79 Å². The third-order valence-electron chi connectivity index (χ3n) is 2.40. The van der Waals surface area contributed by atoms with Crippen molar-refractivity contribution in [2.45, 2.75) is 20.3 Å². The average molecular weight is 219 g/mol. The van der Waals surface area contributed by atoms with Crippen LogP contribution in [0.1, 0.15) is 29.9 Å². The van der Waals surface area contributed by atoms with Crippen molar-refractivity contribution in [3.63, 3.8) is 0 Å². The molecule has 0 atom stereocenters. The molecule has 0 fully saturated rings. The van der Waals surface area contributed by atoms with Crippen LogP contribution in [0.3, 0.4) is 0 Å². The molecule has 0 aliphatic carbocycles. The van der Waals surface area contributed by atoms with Crippen molar-refractivity contribution in [1.82, 2.24) is 5.16 Å². The number of carboxylic acid groups (broad SMARTS) is 1. The molecule has 16 heavy (non-hydrogen) atoms. The molecular formula is C12H13NO3. The summed E-state index contributed by atoms with van der Waals surface area (Å²) < 4.78 is 5.13. The minimum Gasteiger partial charge on any atom is -0.478 e. The van der Waals surface area contributed by atoms with Crippen LogP contribution in [0, 0.1) is 5.92 Å². The predicted molar refractivity (Wildman–Crippen MR) is 59.5 cm³/mol. The summed E-state index contributed by atoms with van der Waals surface area (Å²) in [6, 6.07) is 4.84. The zero-order chi connectivity index (χ0) is 11.7. The molecule has 1 aromatic carbocycles. The van der Waals surface area contributed by atoms with E-state index in [0.717, 1.165) is 17.5 Å². The van der Waals surface area contributed by atoms with Crippen LogP contribution >= 0.6 is 0 Å². The van der Waals surface area contributed by atoms with Gasteiger partial charge in [0.15, 0.2) is 5.58 Å². The second-order valence-corrected chi connectivity index (χ2v) is 4.24. The number of aromatic nitrogens is 1. The quantitative estimate of drug-likeness (QED) is 0.862. The smallest absolute Gasteiger partial charge is 0.335 e. The first-order valence-electron chi connectivity index (χ1n) is 5.19. The lowest BCUT2D eigenvalue weighted by Crippen LogP contribution is -1.96. The zero-order valence-corrected chi connectivity index (χ0v) is 9.23. The van der Waals surface area contributed by atoms with Gasteiger partial charge in [-0.2, -0.15) is 0 Å². The first kappa shape index (κ1) is 10.7. The van der Waals surface area contributed by atoms with Gasteiger partial charge in [-0.3, -0.25) is 0 Å². The summed E-state index contributed by atoms with van der Waals surface area (Å²) in [7, 11) is 0. The SMILES string of the molecule is CC(C)Cc1noc2cc(C(=O)O)ccc12. The molecule has 2 aromatic rings. The molecule has 2 rings (SSSR count). The first-order chi connectivity index (χ1) is 7.58. The lowest BCUT2D eigenvalue weighted by atomic mass is 10.0. The van der Waals surface area contributed by atoms with E-state index in [-0.39, 0.29) is 5.56 Å². The summed E-state index contributed by atoms with van der Waals surface area (Å²) in [5.41, 5.74) is 1.65. The van der Waals surface area contributed by atoms with E-state index >= 15 is 0 Å². The molecule has 1 heterocycles. The van der Waals surface area contributed by atoms with Crippen LogP contribution in [0.25, 0.3) is 11.0 Å². The molecule has 4 nitrogen and oxygen atoms in total. The van der Waals surface area contributed by atoms with Gasteiger partial charge in [0.2, 0.25) is 0 Å². The molecule has 0 amide bonds. The van der Waals surface area contributed by atoms with Crippen molar-refractivity contribution in [3.05, 3.63) is 29.5 Å². The number of fused-ring (bicyclic) bond motifs is 1. The number of nitrogens with zero attached hydrogens (tertiary/aromatic N) is 1. The van der Waals surface area contributed by atoms with Crippen LogP contribution in [0.2, 0.25) is 0 Å². The third-order valence-corrected chi connectivity index (χ3v) is 2.40. The highest BCUT2D eigenvalue weighted by atomic mass is 16.5. The summed E-state index contributed by atoms with van der Waals surface area (Å²) in [5.74, 6) is -0.462. The molecule has 0 spiro atoms. The van der Waals surface area contributed by atoms with Crippen molar-refractivity contribution < 1.29 is 14.4 Å². The molecule has 0 saturated heterocycles. The highest BCUT2D eigenvalue weighted by Gasteiger charge is 2.12. The fraction of sp³-hybridized carbons (Fsp3) is 0.333. The Hall–Kier alpha value is -1.84.